The van der Waals surface area contributed by atoms with E-state index in [0.717, 1.165) is 0 Å². The minimum Gasteiger partial charge on any atom is -0.497 e. The van der Waals surface area contributed by atoms with Gasteiger partial charge in [0.2, 0.25) is 0 Å². The lowest BCUT2D eigenvalue weighted by Gasteiger charge is -2.08. The largest absolute Gasteiger partial charge is 0.497 e. The molecule has 0 atom stereocenters. The fourth-order valence-electron chi connectivity index (χ4n) is 1.65. The number of methoxy groups -OCH3 is 2. The molecule has 2 aromatic rings. The Morgan fingerprint density at radius 3 is 2.21 bits per heavy atom. The first-order chi connectivity index (χ1) is 9.13. The van der Waals surface area contributed by atoms with Crippen LogP contribution in [0.15, 0.2) is 36.5 Å². The van der Waals surface area contributed by atoms with Crippen molar-refractivity contribution in [2.24, 2.45) is 0 Å². The molecule has 0 saturated carbocycles. The lowest BCUT2D eigenvalue weighted by molar-refractivity contribution is 0.103. The molecule has 0 amide bonds. The van der Waals surface area contributed by atoms with Crippen LogP contribution in [0.1, 0.15) is 15.9 Å². The van der Waals surface area contributed by atoms with Gasteiger partial charge < -0.3 is 9.47 Å². The van der Waals surface area contributed by atoms with Gasteiger partial charge >= 0.3 is 0 Å². The van der Waals surface area contributed by atoms with Crippen LogP contribution in [0, 0.1) is 0 Å². The maximum Gasteiger partial charge on any atom is 0.193 e. The highest BCUT2D eigenvalue weighted by molar-refractivity contribution is 6.30. The molecule has 0 spiro atoms. The second-order valence-electron chi connectivity index (χ2n) is 3.80. The van der Waals surface area contributed by atoms with Crippen molar-refractivity contribution in [1.82, 2.24) is 4.98 Å². The zero-order valence-electron chi connectivity index (χ0n) is 10.5. The van der Waals surface area contributed by atoms with E-state index < -0.39 is 0 Å². The lowest BCUT2D eigenvalue weighted by atomic mass is 10.0. The standard InChI is InChI=1S/C14H12ClNO3/c1-18-11-5-10(6-12(8-11)19-2)14(17)9-3-4-16-13(15)7-9/h3-8H,1-2H3. The Hall–Kier alpha value is -2.07. The van der Waals surface area contributed by atoms with E-state index in [-0.39, 0.29) is 10.9 Å². The molecule has 5 heteroatoms. The Bertz CT molecular complexity index is 591. The number of hydrogen-bond donors (Lipinski definition) is 0. The highest BCUT2D eigenvalue weighted by Gasteiger charge is 2.12. The first kappa shape index (κ1) is 13.4. The van der Waals surface area contributed by atoms with E-state index in [9.17, 15) is 4.79 Å². The highest BCUT2D eigenvalue weighted by Crippen LogP contribution is 2.24. The summed E-state index contributed by atoms with van der Waals surface area (Å²) in [6.07, 6.45) is 1.49. The Labute approximate surface area is 115 Å². The molecular formula is C14H12ClNO3. The van der Waals surface area contributed by atoms with Crippen molar-refractivity contribution in [3.63, 3.8) is 0 Å². The Morgan fingerprint density at radius 1 is 1.05 bits per heavy atom. The van der Waals surface area contributed by atoms with Gasteiger partial charge in [0.15, 0.2) is 5.78 Å². The van der Waals surface area contributed by atoms with Crippen LogP contribution in [-0.4, -0.2) is 25.0 Å². The monoisotopic (exact) mass is 277 g/mol. The smallest absolute Gasteiger partial charge is 0.193 e. The van der Waals surface area contributed by atoms with Gasteiger partial charge in [0.25, 0.3) is 0 Å². The van der Waals surface area contributed by atoms with E-state index in [2.05, 4.69) is 4.98 Å². The number of hydrogen-bond acceptors (Lipinski definition) is 4. The molecule has 1 heterocycles. The minimum atomic E-state index is -0.165. The molecular weight excluding hydrogens is 266 g/mol. The summed E-state index contributed by atoms with van der Waals surface area (Å²) >= 11 is 5.78. The third-order valence-electron chi connectivity index (χ3n) is 2.60. The maximum atomic E-state index is 12.3. The maximum absolute atomic E-state index is 12.3. The third kappa shape index (κ3) is 3.03. The summed E-state index contributed by atoms with van der Waals surface area (Å²) in [6, 6.07) is 8.14. The molecule has 1 aromatic carbocycles. The first-order valence-corrected chi connectivity index (χ1v) is 5.91. The number of pyridine rings is 1. The van der Waals surface area contributed by atoms with Crippen LogP contribution in [0.2, 0.25) is 5.15 Å². The van der Waals surface area contributed by atoms with Gasteiger partial charge in [0.05, 0.1) is 14.2 Å². The number of rotatable bonds is 4. The number of carbonyl (C=O) groups is 1. The first-order valence-electron chi connectivity index (χ1n) is 5.53. The normalized spacial score (nSPS) is 10.1. The van der Waals surface area contributed by atoms with Crippen LogP contribution in [0.3, 0.4) is 0 Å². The second-order valence-corrected chi connectivity index (χ2v) is 4.18. The molecule has 0 radical (unpaired) electrons. The average molecular weight is 278 g/mol. The fourth-order valence-corrected chi connectivity index (χ4v) is 1.82. The number of aromatic nitrogens is 1. The second kappa shape index (κ2) is 5.71. The number of nitrogens with zero attached hydrogens (tertiary/aromatic N) is 1. The van der Waals surface area contributed by atoms with Crippen molar-refractivity contribution in [1.29, 1.82) is 0 Å². The number of halogens is 1. The van der Waals surface area contributed by atoms with Crippen molar-refractivity contribution < 1.29 is 14.3 Å². The topological polar surface area (TPSA) is 48.4 Å². The summed E-state index contributed by atoms with van der Waals surface area (Å²) in [6.45, 7) is 0. The average Bonchev–Trinajstić information content (AvgIpc) is 2.45. The van der Waals surface area contributed by atoms with Crippen molar-refractivity contribution >= 4 is 17.4 Å². The predicted molar refractivity (Wildman–Crippen MR) is 72.2 cm³/mol. The van der Waals surface area contributed by atoms with Crippen molar-refractivity contribution in [2.75, 3.05) is 14.2 Å². The van der Waals surface area contributed by atoms with E-state index in [1.807, 2.05) is 0 Å². The predicted octanol–water partition coefficient (Wildman–Crippen LogP) is 2.98. The molecule has 0 fully saturated rings. The van der Waals surface area contributed by atoms with E-state index in [1.54, 1.807) is 24.3 Å². The summed E-state index contributed by atoms with van der Waals surface area (Å²) in [5.41, 5.74) is 0.939. The molecule has 0 bridgehead atoms. The van der Waals surface area contributed by atoms with Gasteiger partial charge in [0.1, 0.15) is 16.7 Å². The molecule has 0 aliphatic rings. The number of ether oxygens (including phenoxy) is 2. The Kier molecular flexibility index (Phi) is 4.02. The quantitative estimate of drug-likeness (QED) is 0.637. The van der Waals surface area contributed by atoms with Crippen molar-refractivity contribution in [3.8, 4) is 11.5 Å². The SMILES string of the molecule is COc1cc(OC)cc(C(=O)c2ccnc(Cl)c2)c1. The number of benzene rings is 1. The van der Waals surface area contributed by atoms with Crippen LogP contribution in [0.5, 0.6) is 11.5 Å². The molecule has 1 aromatic heterocycles. The summed E-state index contributed by atoms with van der Waals surface area (Å²) in [5, 5.41) is 0.278. The van der Waals surface area contributed by atoms with Gasteiger partial charge in [-0.2, -0.15) is 0 Å². The van der Waals surface area contributed by atoms with Gasteiger partial charge in [-0.3, -0.25) is 4.79 Å². The molecule has 0 aliphatic heterocycles. The molecule has 0 unspecified atom stereocenters. The van der Waals surface area contributed by atoms with Gasteiger partial charge in [-0.15, -0.1) is 0 Å². The third-order valence-corrected chi connectivity index (χ3v) is 2.81. The van der Waals surface area contributed by atoms with E-state index in [1.165, 1.54) is 26.5 Å². The molecule has 4 nitrogen and oxygen atoms in total. The molecule has 19 heavy (non-hydrogen) atoms. The van der Waals surface area contributed by atoms with E-state index >= 15 is 0 Å². The summed E-state index contributed by atoms with van der Waals surface area (Å²) in [4.78, 5) is 16.2. The molecule has 98 valence electrons. The zero-order valence-corrected chi connectivity index (χ0v) is 11.3. The number of ketones is 1. The van der Waals surface area contributed by atoms with Gasteiger partial charge in [-0.25, -0.2) is 4.98 Å². The molecule has 2 rings (SSSR count). The Balaban J connectivity index is 2.43. The summed E-state index contributed by atoms with van der Waals surface area (Å²) in [7, 11) is 3.07. The molecule has 0 N–H and O–H groups in total. The van der Waals surface area contributed by atoms with Gasteiger partial charge in [0, 0.05) is 23.4 Å². The van der Waals surface area contributed by atoms with E-state index in [0.29, 0.717) is 22.6 Å². The van der Waals surface area contributed by atoms with Crippen LogP contribution in [-0.2, 0) is 0 Å². The summed E-state index contributed by atoms with van der Waals surface area (Å²) in [5.74, 6) is 0.951. The van der Waals surface area contributed by atoms with Crippen LogP contribution < -0.4 is 9.47 Å². The van der Waals surface area contributed by atoms with Gasteiger partial charge in [-0.1, -0.05) is 11.6 Å². The Morgan fingerprint density at radius 2 is 1.68 bits per heavy atom. The van der Waals surface area contributed by atoms with Crippen LogP contribution in [0.4, 0.5) is 0 Å². The highest BCUT2D eigenvalue weighted by atomic mass is 35.5. The fraction of sp³-hybridized carbons (Fsp3) is 0.143. The molecule has 0 aliphatic carbocycles. The van der Waals surface area contributed by atoms with Crippen LogP contribution in [0.25, 0.3) is 0 Å². The van der Waals surface area contributed by atoms with Crippen molar-refractivity contribution in [3.05, 3.63) is 52.8 Å². The van der Waals surface area contributed by atoms with Crippen molar-refractivity contribution in [2.45, 2.75) is 0 Å². The molecule has 0 saturated heterocycles. The summed E-state index contributed by atoms with van der Waals surface area (Å²) < 4.78 is 10.3. The van der Waals surface area contributed by atoms with E-state index in [4.69, 9.17) is 21.1 Å². The number of carbonyl (C=O) groups excluding carboxylic acids is 1. The van der Waals surface area contributed by atoms with Gasteiger partial charge in [-0.05, 0) is 24.3 Å². The zero-order chi connectivity index (χ0) is 13.8. The van der Waals surface area contributed by atoms with Crippen LogP contribution >= 0.6 is 11.6 Å². The minimum absolute atomic E-state index is 0.165. The lowest BCUT2D eigenvalue weighted by Crippen LogP contribution is -2.02.